The molecule has 2 unspecified atom stereocenters. The lowest BCUT2D eigenvalue weighted by atomic mass is 10.1. The zero-order valence-corrected chi connectivity index (χ0v) is 14.2. The SMILES string of the molecule is Fc1ccc(C2CCC(OCCCNOCc3ccccc3)O2)cc1. The molecule has 0 aliphatic carbocycles. The van der Waals surface area contributed by atoms with Crippen molar-refractivity contribution in [3.8, 4) is 0 Å². The average molecular weight is 345 g/mol. The van der Waals surface area contributed by atoms with Crippen LogP contribution in [0.3, 0.4) is 0 Å². The first kappa shape index (κ1) is 18.0. The van der Waals surface area contributed by atoms with E-state index in [9.17, 15) is 4.39 Å². The number of rotatable bonds is 9. The van der Waals surface area contributed by atoms with Crippen LogP contribution in [0.25, 0.3) is 0 Å². The van der Waals surface area contributed by atoms with Gasteiger partial charge in [-0.1, -0.05) is 42.5 Å². The second-order valence-corrected chi connectivity index (χ2v) is 6.08. The molecule has 0 aromatic heterocycles. The zero-order chi connectivity index (χ0) is 17.3. The summed E-state index contributed by atoms with van der Waals surface area (Å²) in [5.41, 5.74) is 5.08. The second-order valence-electron chi connectivity index (χ2n) is 6.08. The smallest absolute Gasteiger partial charge is 0.158 e. The largest absolute Gasteiger partial charge is 0.353 e. The third kappa shape index (κ3) is 5.90. The van der Waals surface area contributed by atoms with Gasteiger partial charge < -0.3 is 9.47 Å². The van der Waals surface area contributed by atoms with Crippen LogP contribution in [0.15, 0.2) is 54.6 Å². The van der Waals surface area contributed by atoms with E-state index in [1.165, 1.54) is 12.1 Å². The molecule has 1 aliphatic heterocycles. The third-order valence-electron chi connectivity index (χ3n) is 4.13. The summed E-state index contributed by atoms with van der Waals surface area (Å²) in [5.74, 6) is -0.225. The maximum Gasteiger partial charge on any atom is 0.158 e. The van der Waals surface area contributed by atoms with E-state index in [0.29, 0.717) is 13.2 Å². The summed E-state index contributed by atoms with van der Waals surface area (Å²) >= 11 is 0. The van der Waals surface area contributed by atoms with Crippen molar-refractivity contribution in [2.45, 2.75) is 38.3 Å². The van der Waals surface area contributed by atoms with Gasteiger partial charge in [0.05, 0.1) is 19.3 Å². The van der Waals surface area contributed by atoms with Gasteiger partial charge in [-0.05, 0) is 36.1 Å². The van der Waals surface area contributed by atoms with Crippen LogP contribution < -0.4 is 5.48 Å². The summed E-state index contributed by atoms with van der Waals surface area (Å²) in [6.07, 6.45) is 2.42. The maximum absolute atomic E-state index is 13.0. The minimum atomic E-state index is -0.225. The van der Waals surface area contributed by atoms with Gasteiger partial charge in [0.15, 0.2) is 6.29 Å². The van der Waals surface area contributed by atoms with Crippen LogP contribution in [0.5, 0.6) is 0 Å². The quantitative estimate of drug-likeness (QED) is 0.548. The van der Waals surface area contributed by atoms with E-state index in [1.54, 1.807) is 12.1 Å². The van der Waals surface area contributed by atoms with Crippen LogP contribution in [0.2, 0.25) is 0 Å². The minimum absolute atomic E-state index is 0.00192. The number of nitrogens with one attached hydrogen (secondary N) is 1. The van der Waals surface area contributed by atoms with Crippen molar-refractivity contribution >= 4 is 0 Å². The predicted octanol–water partition coefficient (Wildman–Crippen LogP) is 4.13. The van der Waals surface area contributed by atoms with E-state index in [2.05, 4.69) is 5.48 Å². The second kappa shape index (κ2) is 9.63. The Balaban J connectivity index is 1.24. The standard InChI is InChI=1S/C20H24FNO3/c21-18-9-7-17(8-10-18)19-11-12-20(25-19)23-14-4-13-22-24-15-16-5-2-1-3-6-16/h1-3,5-10,19-20,22H,4,11-15H2. The first-order valence-electron chi connectivity index (χ1n) is 8.72. The molecule has 1 heterocycles. The molecule has 0 saturated carbocycles. The summed E-state index contributed by atoms with van der Waals surface area (Å²) < 4.78 is 24.6. The molecule has 1 aliphatic rings. The van der Waals surface area contributed by atoms with E-state index in [1.807, 2.05) is 30.3 Å². The van der Waals surface area contributed by atoms with Crippen molar-refractivity contribution in [1.29, 1.82) is 0 Å². The molecule has 0 amide bonds. The van der Waals surface area contributed by atoms with Gasteiger partial charge in [0.1, 0.15) is 5.82 Å². The molecule has 3 rings (SSSR count). The van der Waals surface area contributed by atoms with E-state index < -0.39 is 0 Å². The molecule has 5 heteroatoms. The lowest BCUT2D eigenvalue weighted by Crippen LogP contribution is -2.19. The molecule has 2 aromatic carbocycles. The number of benzene rings is 2. The van der Waals surface area contributed by atoms with Gasteiger partial charge >= 0.3 is 0 Å². The number of ether oxygens (including phenoxy) is 2. The van der Waals surface area contributed by atoms with E-state index in [4.69, 9.17) is 14.3 Å². The van der Waals surface area contributed by atoms with Gasteiger partial charge in [0.25, 0.3) is 0 Å². The van der Waals surface area contributed by atoms with Gasteiger partial charge in [0, 0.05) is 13.0 Å². The van der Waals surface area contributed by atoms with Crippen LogP contribution in [0, 0.1) is 5.82 Å². The van der Waals surface area contributed by atoms with E-state index in [-0.39, 0.29) is 18.2 Å². The molecule has 134 valence electrons. The van der Waals surface area contributed by atoms with Gasteiger partial charge in [-0.3, -0.25) is 4.84 Å². The molecule has 1 N–H and O–H groups in total. The molecule has 2 atom stereocenters. The topological polar surface area (TPSA) is 39.7 Å². The lowest BCUT2D eigenvalue weighted by molar-refractivity contribution is -0.135. The Bertz CT molecular complexity index is 621. The Kier molecular flexibility index (Phi) is 6.94. The molecule has 2 aromatic rings. The number of hydroxylamine groups is 1. The normalized spacial score (nSPS) is 20.0. The molecule has 0 radical (unpaired) electrons. The highest BCUT2D eigenvalue weighted by molar-refractivity contribution is 5.19. The van der Waals surface area contributed by atoms with Gasteiger partial charge in [0.2, 0.25) is 0 Å². The third-order valence-corrected chi connectivity index (χ3v) is 4.13. The Labute approximate surface area is 147 Å². The lowest BCUT2D eigenvalue weighted by Gasteiger charge is -2.15. The Hall–Kier alpha value is -1.79. The fourth-order valence-electron chi connectivity index (χ4n) is 2.79. The molecule has 1 fully saturated rings. The van der Waals surface area contributed by atoms with E-state index in [0.717, 1.165) is 36.9 Å². The van der Waals surface area contributed by atoms with E-state index >= 15 is 0 Å². The number of hydrogen-bond acceptors (Lipinski definition) is 4. The summed E-state index contributed by atoms with van der Waals surface area (Å²) in [6, 6.07) is 16.5. The predicted molar refractivity (Wildman–Crippen MR) is 93.1 cm³/mol. The Morgan fingerprint density at radius 2 is 1.84 bits per heavy atom. The van der Waals surface area contributed by atoms with Gasteiger partial charge in [-0.2, -0.15) is 0 Å². The highest BCUT2D eigenvalue weighted by atomic mass is 19.1. The molecule has 0 bridgehead atoms. The summed E-state index contributed by atoms with van der Waals surface area (Å²) in [4.78, 5) is 5.41. The van der Waals surface area contributed by atoms with Crippen LogP contribution in [0.1, 0.15) is 36.5 Å². The zero-order valence-electron chi connectivity index (χ0n) is 14.2. The van der Waals surface area contributed by atoms with Crippen molar-refractivity contribution in [2.75, 3.05) is 13.2 Å². The molecule has 4 nitrogen and oxygen atoms in total. The number of halogens is 1. The van der Waals surface area contributed by atoms with Gasteiger partial charge in [-0.25, -0.2) is 9.87 Å². The first-order valence-corrected chi connectivity index (χ1v) is 8.72. The first-order chi connectivity index (χ1) is 12.3. The monoisotopic (exact) mass is 345 g/mol. The van der Waals surface area contributed by atoms with Crippen LogP contribution in [-0.2, 0) is 20.9 Å². The summed E-state index contributed by atoms with van der Waals surface area (Å²) in [6.45, 7) is 1.89. The van der Waals surface area contributed by atoms with Crippen molar-refractivity contribution in [2.24, 2.45) is 0 Å². The van der Waals surface area contributed by atoms with Crippen molar-refractivity contribution in [1.82, 2.24) is 5.48 Å². The van der Waals surface area contributed by atoms with Crippen molar-refractivity contribution in [3.63, 3.8) is 0 Å². The Morgan fingerprint density at radius 3 is 2.64 bits per heavy atom. The molecule has 1 saturated heterocycles. The average Bonchev–Trinajstić information content (AvgIpc) is 3.11. The fraction of sp³-hybridized carbons (Fsp3) is 0.400. The molecule has 25 heavy (non-hydrogen) atoms. The number of hydrogen-bond donors (Lipinski definition) is 1. The molecular weight excluding hydrogens is 321 g/mol. The van der Waals surface area contributed by atoms with Crippen molar-refractivity contribution in [3.05, 3.63) is 71.5 Å². The molecular formula is C20H24FNO3. The van der Waals surface area contributed by atoms with Crippen molar-refractivity contribution < 1.29 is 18.7 Å². The summed E-state index contributed by atoms with van der Waals surface area (Å²) in [7, 11) is 0. The van der Waals surface area contributed by atoms with Crippen LogP contribution in [0.4, 0.5) is 4.39 Å². The summed E-state index contributed by atoms with van der Waals surface area (Å²) in [5, 5.41) is 0. The minimum Gasteiger partial charge on any atom is -0.353 e. The Morgan fingerprint density at radius 1 is 1.04 bits per heavy atom. The molecule has 0 spiro atoms. The fourth-order valence-corrected chi connectivity index (χ4v) is 2.79. The highest BCUT2D eigenvalue weighted by Gasteiger charge is 2.26. The maximum atomic E-state index is 13.0. The van der Waals surface area contributed by atoms with Crippen LogP contribution in [-0.4, -0.2) is 19.4 Å². The van der Waals surface area contributed by atoms with Gasteiger partial charge in [-0.15, -0.1) is 0 Å². The highest BCUT2D eigenvalue weighted by Crippen LogP contribution is 2.33. The van der Waals surface area contributed by atoms with Crippen LogP contribution >= 0.6 is 0 Å².